The molecule has 82 valence electrons. The minimum Gasteiger partial charge on any atom is -0.854 e. The van der Waals surface area contributed by atoms with Crippen molar-refractivity contribution in [2.45, 2.75) is 0 Å². The topological polar surface area (TPSA) is 40.0 Å². The molecule has 3 heteroatoms. The van der Waals surface area contributed by atoms with Crippen molar-refractivity contribution in [3.05, 3.63) is 60.8 Å². The molecule has 0 spiro atoms. The van der Waals surface area contributed by atoms with E-state index in [1.165, 1.54) is 0 Å². The molecule has 0 N–H and O–H groups in total. The third-order valence-corrected chi connectivity index (χ3v) is 2.67. The third kappa shape index (κ3) is 1.72. The van der Waals surface area contributed by atoms with E-state index in [4.69, 9.17) is 0 Å². The fourth-order valence-electron chi connectivity index (χ4n) is 1.92. The lowest BCUT2D eigenvalue weighted by molar-refractivity contribution is -0.587. The van der Waals surface area contributed by atoms with Crippen molar-refractivity contribution < 1.29 is 9.62 Å². The van der Waals surface area contributed by atoms with Crippen LogP contribution in [0, 0.1) is 0 Å². The zero-order valence-electron chi connectivity index (χ0n) is 9.08. The second kappa shape index (κ2) is 3.87. The molecular weight excluding hydrogens is 212 g/mol. The van der Waals surface area contributed by atoms with Gasteiger partial charge in [0.2, 0.25) is 11.7 Å². The summed E-state index contributed by atoms with van der Waals surface area (Å²) in [6.45, 7) is 0. The molecule has 0 amide bonds. The minimum absolute atomic E-state index is 0.229. The summed E-state index contributed by atoms with van der Waals surface area (Å²) in [5.74, 6) is -0.229. The molecule has 0 radical (unpaired) electrons. The zero-order chi connectivity index (χ0) is 11.7. The predicted octanol–water partition coefficient (Wildman–Crippen LogP) is 1.56. The van der Waals surface area contributed by atoms with Gasteiger partial charge < -0.3 is 5.11 Å². The van der Waals surface area contributed by atoms with Crippen molar-refractivity contribution in [3.63, 3.8) is 0 Å². The first-order valence-corrected chi connectivity index (χ1v) is 5.39. The highest BCUT2D eigenvalue weighted by Crippen LogP contribution is 2.23. The van der Waals surface area contributed by atoms with Gasteiger partial charge in [-0.15, -0.1) is 0 Å². The van der Waals surface area contributed by atoms with E-state index in [9.17, 15) is 5.11 Å². The van der Waals surface area contributed by atoms with Crippen LogP contribution in [-0.4, -0.2) is 5.10 Å². The predicted molar refractivity (Wildman–Crippen MR) is 62.3 cm³/mol. The molecule has 0 unspecified atom stereocenters. The smallest absolute Gasteiger partial charge is 0.245 e. The summed E-state index contributed by atoms with van der Waals surface area (Å²) in [5.41, 5.74) is 2.86. The Balaban J connectivity index is 2.36. The molecule has 3 rings (SSSR count). The maximum Gasteiger partial charge on any atom is 0.245 e. The lowest BCUT2D eigenvalue weighted by Crippen LogP contribution is -2.27. The molecular formula is C14H10N2O. The molecule has 0 aliphatic rings. The number of fused-ring (bicyclic) bond motifs is 1. The van der Waals surface area contributed by atoms with Gasteiger partial charge >= 0.3 is 0 Å². The van der Waals surface area contributed by atoms with Crippen LogP contribution in [0.25, 0.3) is 16.6 Å². The molecule has 0 atom stereocenters. The molecule has 0 bridgehead atoms. The van der Waals surface area contributed by atoms with E-state index in [2.05, 4.69) is 5.10 Å². The van der Waals surface area contributed by atoms with Crippen molar-refractivity contribution in [2.75, 3.05) is 0 Å². The summed E-state index contributed by atoms with van der Waals surface area (Å²) in [6, 6.07) is 17.2. The fourth-order valence-corrected chi connectivity index (χ4v) is 1.92. The van der Waals surface area contributed by atoms with Gasteiger partial charge in [0.05, 0.1) is 11.4 Å². The fraction of sp³-hybridized carbons (Fsp3) is 0. The summed E-state index contributed by atoms with van der Waals surface area (Å²) < 4.78 is 1.62. The summed E-state index contributed by atoms with van der Waals surface area (Å²) >= 11 is 0. The molecule has 2 aromatic heterocycles. The first kappa shape index (κ1) is 9.78. The van der Waals surface area contributed by atoms with E-state index in [0.717, 1.165) is 16.6 Å². The molecule has 0 saturated heterocycles. The van der Waals surface area contributed by atoms with Crippen LogP contribution in [0.15, 0.2) is 60.8 Å². The van der Waals surface area contributed by atoms with Gasteiger partial charge in [0, 0.05) is 12.1 Å². The Labute approximate surface area is 98.6 Å². The van der Waals surface area contributed by atoms with Crippen LogP contribution < -0.4 is 9.62 Å². The van der Waals surface area contributed by atoms with Crippen LogP contribution in [-0.2, 0) is 0 Å². The molecule has 0 aliphatic carbocycles. The van der Waals surface area contributed by atoms with Crippen LogP contribution >= 0.6 is 0 Å². The quantitative estimate of drug-likeness (QED) is 0.586. The van der Waals surface area contributed by atoms with E-state index >= 15 is 0 Å². The number of hydrogen-bond acceptors (Lipinski definition) is 2. The van der Waals surface area contributed by atoms with Gasteiger partial charge in [0.15, 0.2) is 0 Å². The molecule has 3 nitrogen and oxygen atoms in total. The van der Waals surface area contributed by atoms with Gasteiger partial charge in [-0.05, 0) is 22.8 Å². The van der Waals surface area contributed by atoms with E-state index in [1.807, 2.05) is 48.5 Å². The summed E-state index contributed by atoms with van der Waals surface area (Å²) in [6.07, 6.45) is 1.78. The average molecular weight is 222 g/mol. The Hall–Kier alpha value is -2.42. The number of pyridine rings is 1. The molecule has 2 heterocycles. The van der Waals surface area contributed by atoms with Crippen molar-refractivity contribution in [1.82, 2.24) is 5.10 Å². The normalized spacial score (nSPS) is 10.6. The maximum atomic E-state index is 11.5. The van der Waals surface area contributed by atoms with Crippen molar-refractivity contribution in [3.8, 4) is 17.0 Å². The Morgan fingerprint density at radius 3 is 2.53 bits per heavy atom. The number of hydrogen-bond donors (Lipinski definition) is 0. The molecule has 0 aliphatic heterocycles. The van der Waals surface area contributed by atoms with Gasteiger partial charge in [-0.25, -0.2) is 0 Å². The van der Waals surface area contributed by atoms with Crippen LogP contribution in [0.3, 0.4) is 0 Å². The van der Waals surface area contributed by atoms with E-state index in [0.29, 0.717) is 0 Å². The lowest BCUT2D eigenvalue weighted by Gasteiger charge is -2.05. The maximum absolute atomic E-state index is 11.5. The summed E-state index contributed by atoms with van der Waals surface area (Å²) in [5, 5.41) is 15.5. The SMILES string of the molecule is [O-]c1cc(-c2ccccc2)c2cccc[n+]2n1. The zero-order valence-corrected chi connectivity index (χ0v) is 9.08. The lowest BCUT2D eigenvalue weighted by atomic mass is 10.1. The Morgan fingerprint density at radius 1 is 0.941 bits per heavy atom. The van der Waals surface area contributed by atoms with Crippen LogP contribution in [0.5, 0.6) is 5.88 Å². The van der Waals surface area contributed by atoms with Crippen LogP contribution in [0.2, 0.25) is 0 Å². The second-order valence-corrected chi connectivity index (χ2v) is 3.79. The largest absolute Gasteiger partial charge is 0.854 e. The molecule has 0 fully saturated rings. The number of rotatable bonds is 1. The van der Waals surface area contributed by atoms with Gasteiger partial charge in [0.1, 0.15) is 0 Å². The molecule has 0 saturated carbocycles. The molecule has 1 aromatic carbocycles. The Kier molecular flexibility index (Phi) is 2.22. The van der Waals surface area contributed by atoms with Gasteiger partial charge in [-0.2, -0.15) is 0 Å². The number of nitrogens with zero attached hydrogens (tertiary/aromatic N) is 2. The molecule has 3 aromatic rings. The summed E-state index contributed by atoms with van der Waals surface area (Å²) in [4.78, 5) is 0. The minimum atomic E-state index is -0.229. The highest BCUT2D eigenvalue weighted by Gasteiger charge is 2.10. The first-order chi connectivity index (χ1) is 8.34. The molecule has 17 heavy (non-hydrogen) atoms. The van der Waals surface area contributed by atoms with Crippen molar-refractivity contribution >= 4 is 5.52 Å². The van der Waals surface area contributed by atoms with Gasteiger partial charge in [-0.1, -0.05) is 34.8 Å². The number of benzene rings is 1. The third-order valence-electron chi connectivity index (χ3n) is 2.67. The standard InChI is InChI=1S/C14H10N2O/c17-14-10-12(11-6-2-1-3-7-11)13-8-4-5-9-16(13)15-14/h1-10H. The Bertz CT molecular complexity index is 665. The summed E-state index contributed by atoms with van der Waals surface area (Å²) in [7, 11) is 0. The van der Waals surface area contributed by atoms with Gasteiger partial charge in [-0.3, -0.25) is 0 Å². The Morgan fingerprint density at radius 2 is 1.71 bits per heavy atom. The number of aromatic nitrogens is 2. The monoisotopic (exact) mass is 222 g/mol. The van der Waals surface area contributed by atoms with E-state index in [-0.39, 0.29) is 5.88 Å². The highest BCUT2D eigenvalue weighted by molar-refractivity contribution is 5.77. The van der Waals surface area contributed by atoms with Crippen LogP contribution in [0.1, 0.15) is 0 Å². The van der Waals surface area contributed by atoms with Crippen molar-refractivity contribution in [2.24, 2.45) is 0 Å². The average Bonchev–Trinajstić information content (AvgIpc) is 2.39. The van der Waals surface area contributed by atoms with E-state index in [1.54, 1.807) is 16.8 Å². The van der Waals surface area contributed by atoms with Crippen molar-refractivity contribution in [1.29, 1.82) is 0 Å². The van der Waals surface area contributed by atoms with E-state index < -0.39 is 0 Å². The highest BCUT2D eigenvalue weighted by atomic mass is 16.3. The second-order valence-electron chi connectivity index (χ2n) is 3.79. The van der Waals surface area contributed by atoms with Gasteiger partial charge in [0.25, 0.3) is 0 Å². The first-order valence-electron chi connectivity index (χ1n) is 5.39. The van der Waals surface area contributed by atoms with Crippen LogP contribution in [0.4, 0.5) is 0 Å².